The summed E-state index contributed by atoms with van der Waals surface area (Å²) < 4.78 is 0. The van der Waals surface area contributed by atoms with Crippen LogP contribution < -0.4 is 5.73 Å². The molecule has 2 heteroatoms. The molecule has 1 aromatic carbocycles. The van der Waals surface area contributed by atoms with Crippen LogP contribution in [0.15, 0.2) is 24.3 Å². The van der Waals surface area contributed by atoms with Crippen LogP contribution in [0.1, 0.15) is 45.2 Å². The Labute approximate surface area is 105 Å². The molecule has 1 aromatic rings. The van der Waals surface area contributed by atoms with Gasteiger partial charge in [0.05, 0.1) is 5.60 Å². The molecule has 96 valence electrons. The van der Waals surface area contributed by atoms with Crippen molar-refractivity contribution in [3.05, 3.63) is 35.4 Å². The van der Waals surface area contributed by atoms with Gasteiger partial charge < -0.3 is 10.8 Å². The molecule has 0 bridgehead atoms. The summed E-state index contributed by atoms with van der Waals surface area (Å²) in [6.07, 6.45) is 1.87. The van der Waals surface area contributed by atoms with Crippen LogP contribution in [0.5, 0.6) is 0 Å². The third-order valence-electron chi connectivity index (χ3n) is 4.33. The van der Waals surface area contributed by atoms with Crippen LogP contribution in [0.3, 0.4) is 0 Å². The summed E-state index contributed by atoms with van der Waals surface area (Å²) in [6.45, 7) is 8.59. The maximum absolute atomic E-state index is 10.8. The highest BCUT2D eigenvalue weighted by molar-refractivity contribution is 5.28. The first-order valence-electron chi connectivity index (χ1n) is 6.43. The van der Waals surface area contributed by atoms with Gasteiger partial charge in [0, 0.05) is 12.0 Å². The number of nitrogens with two attached hydrogens (primary N) is 1. The Morgan fingerprint density at radius 3 is 2.00 bits per heavy atom. The maximum atomic E-state index is 10.8. The summed E-state index contributed by atoms with van der Waals surface area (Å²) in [7, 11) is 0. The second-order valence-electron chi connectivity index (χ2n) is 5.24. The Morgan fingerprint density at radius 1 is 1.12 bits per heavy atom. The van der Waals surface area contributed by atoms with E-state index in [9.17, 15) is 5.11 Å². The zero-order valence-corrected chi connectivity index (χ0v) is 11.5. The van der Waals surface area contributed by atoms with Crippen LogP contribution in [-0.2, 0) is 12.0 Å². The fourth-order valence-corrected chi connectivity index (χ4v) is 2.10. The third kappa shape index (κ3) is 2.53. The zero-order valence-electron chi connectivity index (χ0n) is 11.5. The van der Waals surface area contributed by atoms with Gasteiger partial charge in [0.2, 0.25) is 0 Å². The van der Waals surface area contributed by atoms with Gasteiger partial charge in [0.15, 0.2) is 0 Å². The fraction of sp³-hybridized carbons (Fsp3) is 0.600. The van der Waals surface area contributed by atoms with E-state index in [0.29, 0.717) is 6.54 Å². The van der Waals surface area contributed by atoms with Crippen LogP contribution in [0.25, 0.3) is 0 Å². The van der Waals surface area contributed by atoms with Gasteiger partial charge in [-0.1, -0.05) is 45.0 Å². The van der Waals surface area contributed by atoms with Crippen molar-refractivity contribution in [1.82, 2.24) is 0 Å². The smallest absolute Gasteiger partial charge is 0.0933 e. The Morgan fingerprint density at radius 2 is 1.65 bits per heavy atom. The minimum atomic E-state index is -0.886. The lowest BCUT2D eigenvalue weighted by atomic mass is 9.69. The lowest BCUT2D eigenvalue weighted by molar-refractivity contribution is -0.0646. The lowest BCUT2D eigenvalue weighted by Gasteiger charge is -2.42. The SMILES string of the molecule is CCc1ccc(C(C)(O)C(C)(CC)CN)cc1. The Kier molecular flexibility index (Phi) is 4.34. The number of aryl methyl sites for hydroxylation is 1. The zero-order chi connectivity index (χ0) is 13.1. The second kappa shape index (κ2) is 5.19. The molecule has 0 saturated heterocycles. The fourth-order valence-electron chi connectivity index (χ4n) is 2.10. The maximum Gasteiger partial charge on any atom is 0.0933 e. The van der Waals surface area contributed by atoms with E-state index in [-0.39, 0.29) is 5.41 Å². The van der Waals surface area contributed by atoms with E-state index in [1.165, 1.54) is 5.56 Å². The van der Waals surface area contributed by atoms with Gasteiger partial charge in [-0.05, 0) is 30.9 Å². The quantitative estimate of drug-likeness (QED) is 0.824. The van der Waals surface area contributed by atoms with E-state index in [4.69, 9.17) is 5.73 Å². The molecule has 0 aromatic heterocycles. The molecule has 0 aliphatic carbocycles. The van der Waals surface area contributed by atoms with Crippen LogP contribution in [-0.4, -0.2) is 11.7 Å². The molecule has 0 saturated carbocycles. The molecule has 0 aliphatic heterocycles. The van der Waals surface area contributed by atoms with Crippen molar-refractivity contribution in [2.45, 2.75) is 46.1 Å². The predicted octanol–water partition coefficient (Wildman–Crippen LogP) is 2.83. The molecule has 17 heavy (non-hydrogen) atoms. The van der Waals surface area contributed by atoms with Crippen LogP contribution in [0.2, 0.25) is 0 Å². The first-order valence-corrected chi connectivity index (χ1v) is 6.43. The monoisotopic (exact) mass is 235 g/mol. The number of aliphatic hydroxyl groups is 1. The Hall–Kier alpha value is -0.860. The van der Waals surface area contributed by atoms with Gasteiger partial charge in [-0.25, -0.2) is 0 Å². The van der Waals surface area contributed by atoms with Gasteiger partial charge in [0.1, 0.15) is 0 Å². The molecule has 0 amide bonds. The second-order valence-corrected chi connectivity index (χ2v) is 5.24. The molecule has 0 aliphatic rings. The normalized spacial score (nSPS) is 18.5. The summed E-state index contributed by atoms with van der Waals surface area (Å²) >= 11 is 0. The van der Waals surface area contributed by atoms with Gasteiger partial charge in [-0.15, -0.1) is 0 Å². The van der Waals surface area contributed by atoms with Crippen LogP contribution >= 0.6 is 0 Å². The van der Waals surface area contributed by atoms with E-state index in [1.54, 1.807) is 0 Å². The number of benzene rings is 1. The van der Waals surface area contributed by atoms with Crippen molar-refractivity contribution < 1.29 is 5.11 Å². The highest BCUT2D eigenvalue weighted by Gasteiger charge is 2.41. The first kappa shape index (κ1) is 14.2. The van der Waals surface area contributed by atoms with Crippen molar-refractivity contribution in [3.63, 3.8) is 0 Å². The largest absolute Gasteiger partial charge is 0.385 e. The van der Waals surface area contributed by atoms with Gasteiger partial charge in [0.25, 0.3) is 0 Å². The Bertz CT molecular complexity index is 350. The molecule has 2 nitrogen and oxygen atoms in total. The van der Waals surface area contributed by atoms with E-state index in [0.717, 1.165) is 18.4 Å². The highest BCUT2D eigenvalue weighted by Crippen LogP contribution is 2.41. The molecular weight excluding hydrogens is 210 g/mol. The minimum absolute atomic E-state index is 0.291. The predicted molar refractivity (Wildman–Crippen MR) is 72.8 cm³/mol. The lowest BCUT2D eigenvalue weighted by Crippen LogP contribution is -2.46. The van der Waals surface area contributed by atoms with Gasteiger partial charge in [-0.3, -0.25) is 0 Å². The summed E-state index contributed by atoms with van der Waals surface area (Å²) in [5, 5.41) is 10.8. The molecule has 2 unspecified atom stereocenters. The average Bonchev–Trinajstić information content (AvgIpc) is 2.37. The van der Waals surface area contributed by atoms with Crippen molar-refractivity contribution in [1.29, 1.82) is 0 Å². The van der Waals surface area contributed by atoms with Crippen molar-refractivity contribution in [3.8, 4) is 0 Å². The molecule has 3 N–H and O–H groups in total. The van der Waals surface area contributed by atoms with Gasteiger partial charge >= 0.3 is 0 Å². The molecular formula is C15H25NO. The van der Waals surface area contributed by atoms with E-state index >= 15 is 0 Å². The third-order valence-corrected chi connectivity index (χ3v) is 4.33. The van der Waals surface area contributed by atoms with Crippen LogP contribution in [0.4, 0.5) is 0 Å². The summed E-state index contributed by atoms with van der Waals surface area (Å²) in [4.78, 5) is 0. The summed E-state index contributed by atoms with van der Waals surface area (Å²) in [6, 6.07) is 8.19. The van der Waals surface area contributed by atoms with E-state index in [2.05, 4.69) is 26.0 Å². The number of hydrogen-bond donors (Lipinski definition) is 2. The van der Waals surface area contributed by atoms with Crippen molar-refractivity contribution in [2.75, 3.05) is 6.54 Å². The molecule has 0 heterocycles. The average molecular weight is 235 g/mol. The molecule has 0 spiro atoms. The number of hydrogen-bond acceptors (Lipinski definition) is 2. The molecule has 2 atom stereocenters. The number of rotatable bonds is 5. The standard InChI is InChI=1S/C15H25NO/c1-5-12-7-9-13(10-8-12)15(4,17)14(3,6-2)11-16/h7-10,17H,5-6,11,16H2,1-4H3. The van der Waals surface area contributed by atoms with Crippen LogP contribution in [0, 0.1) is 5.41 Å². The van der Waals surface area contributed by atoms with E-state index in [1.807, 2.05) is 26.0 Å². The van der Waals surface area contributed by atoms with Gasteiger partial charge in [-0.2, -0.15) is 0 Å². The van der Waals surface area contributed by atoms with Crippen molar-refractivity contribution in [2.24, 2.45) is 11.1 Å². The summed E-state index contributed by atoms with van der Waals surface area (Å²) in [5.74, 6) is 0. The minimum Gasteiger partial charge on any atom is -0.385 e. The topological polar surface area (TPSA) is 46.2 Å². The molecule has 0 fully saturated rings. The van der Waals surface area contributed by atoms with Crippen molar-refractivity contribution >= 4 is 0 Å². The molecule has 0 radical (unpaired) electrons. The summed E-state index contributed by atoms with van der Waals surface area (Å²) in [5.41, 5.74) is 6.90. The Balaban J connectivity index is 3.11. The van der Waals surface area contributed by atoms with E-state index < -0.39 is 5.60 Å². The molecule has 1 rings (SSSR count). The first-order chi connectivity index (χ1) is 7.91. The highest BCUT2D eigenvalue weighted by atomic mass is 16.3.